The fraction of sp³-hybridized carbons (Fsp3) is 0.500. The van der Waals surface area contributed by atoms with Gasteiger partial charge in [0, 0.05) is 25.1 Å². The number of benzene rings is 1. The molecule has 0 aromatic heterocycles. The van der Waals surface area contributed by atoms with Crippen molar-refractivity contribution in [2.45, 2.75) is 33.7 Å². The Balaban J connectivity index is 2.90. The van der Waals surface area contributed by atoms with Crippen molar-refractivity contribution in [1.29, 1.82) is 5.26 Å². The highest BCUT2D eigenvalue weighted by Crippen LogP contribution is 2.29. The molecule has 0 bridgehead atoms. The zero-order chi connectivity index (χ0) is 12.8. The lowest BCUT2D eigenvalue weighted by atomic mass is 9.99. The number of hydrogen-bond donors (Lipinski definition) is 1. The summed E-state index contributed by atoms with van der Waals surface area (Å²) in [5.74, 6) is 0.965. The van der Waals surface area contributed by atoms with E-state index < -0.39 is 0 Å². The van der Waals surface area contributed by atoms with Crippen molar-refractivity contribution < 1.29 is 4.74 Å². The topological polar surface area (TPSA) is 45.0 Å². The Labute approximate surface area is 103 Å². The zero-order valence-corrected chi connectivity index (χ0v) is 11.1. The molecule has 0 unspecified atom stereocenters. The second-order valence-corrected chi connectivity index (χ2v) is 4.23. The molecule has 3 heteroatoms. The highest BCUT2D eigenvalue weighted by atomic mass is 16.5. The minimum absolute atomic E-state index is 0.534. The molecule has 0 fully saturated rings. The molecule has 0 aliphatic carbocycles. The Hall–Kier alpha value is -1.53. The van der Waals surface area contributed by atoms with Crippen LogP contribution in [0.15, 0.2) is 6.07 Å². The normalized spacial score (nSPS) is 10.1. The van der Waals surface area contributed by atoms with Crippen LogP contribution in [0, 0.1) is 32.1 Å². The van der Waals surface area contributed by atoms with Crippen LogP contribution in [0.4, 0.5) is 0 Å². The molecule has 1 rings (SSSR count). The molecule has 0 saturated carbocycles. The maximum absolute atomic E-state index is 8.48. The van der Waals surface area contributed by atoms with Gasteiger partial charge in [-0.05, 0) is 37.5 Å². The van der Waals surface area contributed by atoms with E-state index in [1.807, 2.05) is 0 Å². The predicted molar refractivity (Wildman–Crippen MR) is 69.1 cm³/mol. The number of nitrogens with zero attached hydrogens (tertiary/aromatic N) is 1. The Morgan fingerprint density at radius 1 is 1.29 bits per heavy atom. The first-order chi connectivity index (χ1) is 8.11. The van der Waals surface area contributed by atoms with E-state index in [2.05, 4.69) is 38.2 Å². The first kappa shape index (κ1) is 13.5. The van der Waals surface area contributed by atoms with Crippen LogP contribution in [-0.2, 0) is 6.54 Å². The van der Waals surface area contributed by atoms with E-state index >= 15 is 0 Å². The number of hydrogen-bond acceptors (Lipinski definition) is 3. The summed E-state index contributed by atoms with van der Waals surface area (Å²) in [4.78, 5) is 0. The van der Waals surface area contributed by atoms with Gasteiger partial charge in [-0.25, -0.2) is 0 Å². The molecular weight excluding hydrogens is 212 g/mol. The van der Waals surface area contributed by atoms with Crippen molar-refractivity contribution in [2.24, 2.45) is 0 Å². The molecule has 0 aliphatic heterocycles. The minimum atomic E-state index is 0.534. The lowest BCUT2D eigenvalue weighted by molar-refractivity contribution is 0.403. The summed E-state index contributed by atoms with van der Waals surface area (Å²) >= 11 is 0. The Morgan fingerprint density at radius 2 is 2.00 bits per heavy atom. The molecule has 1 aromatic carbocycles. The molecule has 3 nitrogen and oxygen atoms in total. The first-order valence-electron chi connectivity index (χ1n) is 5.83. The van der Waals surface area contributed by atoms with E-state index in [9.17, 15) is 0 Å². The lowest BCUT2D eigenvalue weighted by Crippen LogP contribution is -2.16. The van der Waals surface area contributed by atoms with Gasteiger partial charge in [0.25, 0.3) is 0 Å². The second kappa shape index (κ2) is 6.27. The van der Waals surface area contributed by atoms with Gasteiger partial charge in [0.15, 0.2) is 0 Å². The molecule has 0 heterocycles. The number of rotatable bonds is 5. The maximum atomic E-state index is 8.48. The molecule has 0 saturated heterocycles. The monoisotopic (exact) mass is 232 g/mol. The highest BCUT2D eigenvalue weighted by Gasteiger charge is 2.11. The Kier molecular flexibility index (Phi) is 4.99. The summed E-state index contributed by atoms with van der Waals surface area (Å²) in [6, 6.07) is 4.30. The average molecular weight is 232 g/mol. The number of ether oxygens (including phenoxy) is 1. The second-order valence-electron chi connectivity index (χ2n) is 4.23. The van der Waals surface area contributed by atoms with Crippen LogP contribution in [0.5, 0.6) is 5.75 Å². The summed E-state index contributed by atoms with van der Waals surface area (Å²) in [5, 5.41) is 11.7. The third-order valence-electron chi connectivity index (χ3n) is 3.03. The summed E-state index contributed by atoms with van der Waals surface area (Å²) in [6.07, 6.45) is 0.534. The van der Waals surface area contributed by atoms with Crippen LogP contribution in [0.1, 0.15) is 28.7 Å². The molecule has 1 aromatic rings. The van der Waals surface area contributed by atoms with Crippen molar-refractivity contribution in [3.63, 3.8) is 0 Å². The summed E-state index contributed by atoms with van der Waals surface area (Å²) in [7, 11) is 1.71. The predicted octanol–water partition coefficient (Wildman–Crippen LogP) is 2.62. The van der Waals surface area contributed by atoms with E-state index in [0.29, 0.717) is 13.0 Å². The van der Waals surface area contributed by atoms with E-state index in [1.54, 1.807) is 7.11 Å². The van der Waals surface area contributed by atoms with Crippen molar-refractivity contribution in [3.8, 4) is 11.8 Å². The summed E-state index contributed by atoms with van der Waals surface area (Å²) in [5.41, 5.74) is 4.86. The number of aryl methyl sites for hydroxylation is 2. The van der Waals surface area contributed by atoms with E-state index in [0.717, 1.165) is 12.3 Å². The molecule has 0 spiro atoms. The lowest BCUT2D eigenvalue weighted by Gasteiger charge is -2.16. The van der Waals surface area contributed by atoms with Gasteiger partial charge in [-0.1, -0.05) is 6.07 Å². The van der Waals surface area contributed by atoms with Crippen molar-refractivity contribution >= 4 is 0 Å². The minimum Gasteiger partial charge on any atom is -0.496 e. The SMILES string of the molecule is COc1c(C)c(C)cc(C)c1CNCCC#N. The van der Waals surface area contributed by atoms with Crippen LogP contribution >= 0.6 is 0 Å². The fourth-order valence-corrected chi connectivity index (χ4v) is 1.96. The van der Waals surface area contributed by atoms with Crippen LogP contribution in [-0.4, -0.2) is 13.7 Å². The molecular formula is C14H20N2O. The van der Waals surface area contributed by atoms with Crippen molar-refractivity contribution in [2.75, 3.05) is 13.7 Å². The molecule has 1 N–H and O–H groups in total. The van der Waals surface area contributed by atoms with Crippen molar-refractivity contribution in [3.05, 3.63) is 28.3 Å². The van der Waals surface area contributed by atoms with Crippen LogP contribution in [0.2, 0.25) is 0 Å². The smallest absolute Gasteiger partial charge is 0.126 e. The van der Waals surface area contributed by atoms with Crippen LogP contribution < -0.4 is 10.1 Å². The molecule has 0 amide bonds. The van der Waals surface area contributed by atoms with E-state index in [1.165, 1.54) is 22.3 Å². The van der Waals surface area contributed by atoms with E-state index in [4.69, 9.17) is 10.00 Å². The zero-order valence-electron chi connectivity index (χ0n) is 11.1. The van der Waals surface area contributed by atoms with E-state index in [-0.39, 0.29) is 0 Å². The number of methoxy groups -OCH3 is 1. The number of nitriles is 1. The largest absolute Gasteiger partial charge is 0.496 e. The third kappa shape index (κ3) is 3.21. The number of nitrogens with one attached hydrogen (secondary N) is 1. The third-order valence-corrected chi connectivity index (χ3v) is 3.03. The molecule has 17 heavy (non-hydrogen) atoms. The summed E-state index contributed by atoms with van der Waals surface area (Å²) < 4.78 is 5.49. The standard InChI is InChI=1S/C14H20N2O/c1-10-8-11(2)13(9-16-7-5-6-15)14(17-4)12(10)3/h8,16H,5,7,9H2,1-4H3. The Bertz CT molecular complexity index is 433. The van der Waals surface area contributed by atoms with Gasteiger partial charge in [-0.2, -0.15) is 5.26 Å². The van der Waals surface area contributed by atoms with Crippen molar-refractivity contribution in [1.82, 2.24) is 5.32 Å². The fourth-order valence-electron chi connectivity index (χ4n) is 1.96. The van der Waals surface area contributed by atoms with Gasteiger partial charge in [-0.3, -0.25) is 0 Å². The first-order valence-corrected chi connectivity index (χ1v) is 5.83. The van der Waals surface area contributed by atoms with Crippen LogP contribution in [0.25, 0.3) is 0 Å². The average Bonchev–Trinajstić information content (AvgIpc) is 2.31. The van der Waals surface area contributed by atoms with Gasteiger partial charge in [0.2, 0.25) is 0 Å². The quantitative estimate of drug-likeness (QED) is 0.794. The van der Waals surface area contributed by atoms with Crippen LogP contribution in [0.3, 0.4) is 0 Å². The van der Waals surface area contributed by atoms with Gasteiger partial charge in [0.1, 0.15) is 5.75 Å². The summed E-state index contributed by atoms with van der Waals surface area (Å²) in [6.45, 7) is 7.73. The van der Waals surface area contributed by atoms with Gasteiger partial charge >= 0.3 is 0 Å². The molecule has 92 valence electrons. The molecule has 0 atom stereocenters. The van der Waals surface area contributed by atoms with Gasteiger partial charge in [-0.15, -0.1) is 0 Å². The highest BCUT2D eigenvalue weighted by molar-refractivity contribution is 5.49. The van der Waals surface area contributed by atoms with Gasteiger partial charge in [0.05, 0.1) is 13.2 Å². The maximum Gasteiger partial charge on any atom is 0.126 e. The van der Waals surface area contributed by atoms with Gasteiger partial charge < -0.3 is 10.1 Å². The molecule has 0 aliphatic rings. The Morgan fingerprint density at radius 3 is 2.59 bits per heavy atom. The molecule has 0 radical (unpaired) electrons.